The molecule has 0 unspecified atom stereocenters. The summed E-state index contributed by atoms with van der Waals surface area (Å²) in [6.45, 7) is -0.506. The van der Waals surface area contributed by atoms with Gasteiger partial charge in [0.25, 0.3) is 10.2 Å². The predicted molar refractivity (Wildman–Crippen MR) is 60.5 cm³/mol. The number of carbonyl (C=O) groups excluding carboxylic acids is 1. The average molecular weight is 267 g/mol. The summed E-state index contributed by atoms with van der Waals surface area (Å²) in [5.41, 5.74) is 0. The minimum Gasteiger partial charge on any atom is -0.481 e. The average Bonchev–Trinajstić information content (AvgIpc) is 2.22. The van der Waals surface area contributed by atoms with Crippen LogP contribution in [0.1, 0.15) is 6.42 Å². The minimum absolute atomic E-state index is 0.152. The maximum Gasteiger partial charge on any atom is 0.304 e. The highest BCUT2D eigenvalue weighted by Crippen LogP contribution is 1.95. The van der Waals surface area contributed by atoms with Crippen LogP contribution in [-0.2, 0) is 19.8 Å². The van der Waals surface area contributed by atoms with Gasteiger partial charge in [0.05, 0.1) is 13.0 Å². The van der Waals surface area contributed by atoms with Gasteiger partial charge in [0.15, 0.2) is 0 Å². The lowest BCUT2D eigenvalue weighted by Crippen LogP contribution is -2.43. The van der Waals surface area contributed by atoms with Crippen molar-refractivity contribution in [3.63, 3.8) is 0 Å². The van der Waals surface area contributed by atoms with E-state index in [4.69, 9.17) is 5.11 Å². The zero-order valence-electron chi connectivity index (χ0n) is 10.0. The van der Waals surface area contributed by atoms with Crippen LogP contribution in [0.25, 0.3) is 0 Å². The Bertz CT molecular complexity index is 379. The van der Waals surface area contributed by atoms with Crippen molar-refractivity contribution in [1.82, 2.24) is 13.9 Å². The van der Waals surface area contributed by atoms with Crippen LogP contribution in [0.15, 0.2) is 0 Å². The molecule has 0 fully saturated rings. The molecular weight excluding hydrogens is 250 g/mol. The number of carboxylic acids is 1. The summed E-state index contributed by atoms with van der Waals surface area (Å²) in [6.07, 6.45) is -0.293. The first-order chi connectivity index (χ1) is 7.66. The highest BCUT2D eigenvalue weighted by molar-refractivity contribution is 7.87. The summed E-state index contributed by atoms with van der Waals surface area (Å²) in [4.78, 5) is 22.7. The van der Waals surface area contributed by atoms with Crippen LogP contribution in [-0.4, -0.2) is 68.8 Å². The molecule has 0 aromatic rings. The monoisotopic (exact) mass is 267 g/mol. The number of amides is 1. The van der Waals surface area contributed by atoms with Crippen LogP contribution >= 0.6 is 0 Å². The highest BCUT2D eigenvalue weighted by Gasteiger charge is 2.19. The molecule has 17 heavy (non-hydrogen) atoms. The zero-order chi connectivity index (χ0) is 13.6. The van der Waals surface area contributed by atoms with E-state index in [9.17, 15) is 18.0 Å². The van der Waals surface area contributed by atoms with Crippen LogP contribution < -0.4 is 4.72 Å². The first kappa shape index (κ1) is 15.8. The maximum absolute atomic E-state index is 11.5. The lowest BCUT2D eigenvalue weighted by Gasteiger charge is -2.17. The molecule has 0 aliphatic heterocycles. The third kappa shape index (κ3) is 6.19. The first-order valence-electron chi connectivity index (χ1n) is 4.79. The molecule has 2 N–H and O–H groups in total. The Balaban J connectivity index is 4.28. The third-order valence-corrected chi connectivity index (χ3v) is 3.47. The number of nitrogens with one attached hydrogen (secondary N) is 1. The van der Waals surface area contributed by atoms with Crippen molar-refractivity contribution in [1.29, 1.82) is 0 Å². The van der Waals surface area contributed by atoms with Crippen molar-refractivity contribution in [2.75, 3.05) is 34.2 Å². The quantitative estimate of drug-likeness (QED) is 0.572. The Morgan fingerprint density at radius 1 is 1.24 bits per heavy atom. The predicted octanol–water partition coefficient (Wildman–Crippen LogP) is -1.68. The number of likely N-dealkylation sites (N-methyl/N-ethyl adjacent to an activating group) is 1. The van der Waals surface area contributed by atoms with E-state index in [1.54, 1.807) is 0 Å². The molecule has 100 valence electrons. The molecule has 0 bridgehead atoms. The SMILES string of the molecule is CN(C)C(=O)CNS(=O)(=O)N(C)CCC(=O)O. The number of nitrogens with zero attached hydrogens (tertiary/aromatic N) is 2. The molecule has 0 saturated carbocycles. The first-order valence-corrected chi connectivity index (χ1v) is 6.23. The van der Waals surface area contributed by atoms with E-state index in [0.29, 0.717) is 0 Å². The Morgan fingerprint density at radius 3 is 2.18 bits per heavy atom. The van der Waals surface area contributed by atoms with Crippen molar-refractivity contribution in [3.8, 4) is 0 Å². The fourth-order valence-electron chi connectivity index (χ4n) is 0.795. The van der Waals surface area contributed by atoms with Gasteiger partial charge in [0.1, 0.15) is 0 Å². The van der Waals surface area contributed by atoms with E-state index in [2.05, 4.69) is 4.72 Å². The Kier molecular flexibility index (Phi) is 6.07. The van der Waals surface area contributed by atoms with Gasteiger partial charge in [-0.1, -0.05) is 0 Å². The van der Waals surface area contributed by atoms with Crippen LogP contribution in [0, 0.1) is 0 Å². The van der Waals surface area contributed by atoms with E-state index in [-0.39, 0.29) is 25.4 Å². The third-order valence-electron chi connectivity index (χ3n) is 1.96. The van der Waals surface area contributed by atoms with Gasteiger partial charge in [-0.15, -0.1) is 0 Å². The molecular formula is C8H17N3O5S. The standard InChI is InChI=1S/C8H17N3O5S/c1-10(2)7(12)6-9-17(15,16)11(3)5-4-8(13)14/h9H,4-6H2,1-3H3,(H,13,14). The molecule has 9 heteroatoms. The lowest BCUT2D eigenvalue weighted by atomic mass is 10.4. The molecule has 1 amide bonds. The smallest absolute Gasteiger partial charge is 0.304 e. The highest BCUT2D eigenvalue weighted by atomic mass is 32.2. The van der Waals surface area contributed by atoms with Gasteiger partial charge >= 0.3 is 5.97 Å². The van der Waals surface area contributed by atoms with Crippen molar-refractivity contribution >= 4 is 22.1 Å². The fourth-order valence-corrected chi connectivity index (χ4v) is 1.65. The molecule has 0 atom stereocenters. The Morgan fingerprint density at radius 2 is 1.76 bits per heavy atom. The number of aliphatic carboxylic acids is 1. The maximum atomic E-state index is 11.5. The zero-order valence-corrected chi connectivity index (χ0v) is 10.8. The Labute approximate surface area is 100 Å². The molecule has 0 aliphatic carbocycles. The van der Waals surface area contributed by atoms with Crippen molar-refractivity contribution in [2.24, 2.45) is 0 Å². The molecule has 0 aromatic carbocycles. The second-order valence-electron chi connectivity index (χ2n) is 3.58. The molecule has 8 nitrogen and oxygen atoms in total. The van der Waals surface area contributed by atoms with Gasteiger partial charge in [-0.2, -0.15) is 17.4 Å². The molecule has 0 radical (unpaired) electrons. The Hall–Kier alpha value is -1.19. The minimum atomic E-state index is -3.81. The summed E-state index contributed by atoms with van der Waals surface area (Å²) in [6, 6.07) is 0. The number of carboxylic acid groups (broad SMARTS) is 1. The fraction of sp³-hybridized carbons (Fsp3) is 0.750. The van der Waals surface area contributed by atoms with Gasteiger partial charge < -0.3 is 10.0 Å². The second-order valence-corrected chi connectivity index (χ2v) is 5.44. The van der Waals surface area contributed by atoms with E-state index >= 15 is 0 Å². The molecule has 0 rings (SSSR count). The van der Waals surface area contributed by atoms with Crippen molar-refractivity contribution < 1.29 is 23.1 Å². The van der Waals surface area contributed by atoms with Crippen molar-refractivity contribution in [3.05, 3.63) is 0 Å². The van der Waals surface area contributed by atoms with Crippen LogP contribution in [0.5, 0.6) is 0 Å². The number of hydrogen-bond acceptors (Lipinski definition) is 4. The van der Waals surface area contributed by atoms with Crippen LogP contribution in [0.2, 0.25) is 0 Å². The summed E-state index contributed by atoms with van der Waals surface area (Å²) in [7, 11) is 0.439. The van der Waals surface area contributed by atoms with Crippen LogP contribution in [0.3, 0.4) is 0 Å². The number of carbonyl (C=O) groups is 2. The second kappa shape index (κ2) is 6.52. The van der Waals surface area contributed by atoms with Gasteiger partial charge in [-0.05, 0) is 0 Å². The van der Waals surface area contributed by atoms with Crippen molar-refractivity contribution in [2.45, 2.75) is 6.42 Å². The van der Waals surface area contributed by atoms with Gasteiger partial charge in [-0.25, -0.2) is 0 Å². The summed E-state index contributed by atoms with van der Waals surface area (Å²) in [5.74, 6) is -1.48. The van der Waals surface area contributed by atoms with Gasteiger partial charge in [-0.3, -0.25) is 9.59 Å². The number of hydrogen-bond donors (Lipinski definition) is 2. The number of rotatable bonds is 7. The molecule has 0 saturated heterocycles. The normalized spacial score (nSPS) is 11.5. The topological polar surface area (TPSA) is 107 Å². The van der Waals surface area contributed by atoms with E-state index in [1.165, 1.54) is 26.0 Å². The lowest BCUT2D eigenvalue weighted by molar-refractivity contribution is -0.137. The van der Waals surface area contributed by atoms with E-state index in [0.717, 1.165) is 4.31 Å². The van der Waals surface area contributed by atoms with Gasteiger partial charge in [0.2, 0.25) is 5.91 Å². The summed E-state index contributed by atoms with van der Waals surface area (Å²) in [5, 5.41) is 8.42. The van der Waals surface area contributed by atoms with E-state index < -0.39 is 16.2 Å². The van der Waals surface area contributed by atoms with Gasteiger partial charge in [0, 0.05) is 27.7 Å². The molecule has 0 heterocycles. The summed E-state index contributed by atoms with van der Waals surface area (Å²) >= 11 is 0. The molecule has 0 aliphatic rings. The largest absolute Gasteiger partial charge is 0.481 e. The molecule has 0 aromatic heterocycles. The van der Waals surface area contributed by atoms with Crippen LogP contribution in [0.4, 0.5) is 0 Å². The molecule has 0 spiro atoms. The van der Waals surface area contributed by atoms with E-state index in [1.807, 2.05) is 0 Å². The summed E-state index contributed by atoms with van der Waals surface area (Å²) < 4.78 is 26.0.